The Morgan fingerprint density at radius 2 is 2.08 bits per heavy atom. The zero-order valence-electron chi connectivity index (χ0n) is 6.90. The number of hydrogen-bond acceptors (Lipinski definition) is 2. The second kappa shape index (κ2) is 4.10. The highest BCUT2D eigenvalue weighted by atomic mass is 16.2. The molecule has 0 aliphatic heterocycles. The van der Waals surface area contributed by atoms with Crippen LogP contribution in [-0.4, -0.2) is 16.0 Å². The number of carbonyl (C=O) groups is 1. The lowest BCUT2D eigenvalue weighted by atomic mass is 10.4. The first-order valence-corrected chi connectivity index (χ1v) is 3.63. The predicted octanol–water partition coefficient (Wildman–Crippen LogP) is 0.587. The zero-order valence-corrected chi connectivity index (χ0v) is 6.90. The summed E-state index contributed by atoms with van der Waals surface area (Å²) in [6.07, 6.45) is 3.67. The number of carbonyl (C=O) groups excluding carboxylic acids is 1. The molecule has 5 nitrogen and oxygen atoms in total. The number of pyridine rings is 1. The number of rotatable bonds is 0. The largest absolute Gasteiger partial charge is 0.360 e. The van der Waals surface area contributed by atoms with Crippen molar-refractivity contribution in [1.29, 1.82) is 0 Å². The van der Waals surface area contributed by atoms with Crippen molar-refractivity contribution in [2.45, 2.75) is 0 Å². The second-order valence-electron chi connectivity index (χ2n) is 2.32. The molecule has 0 radical (unpaired) electrons. The molecule has 0 atom stereocenters. The molecule has 68 valence electrons. The Bertz CT molecular complexity index is 361. The van der Waals surface area contributed by atoms with Crippen molar-refractivity contribution in [2.24, 2.45) is 11.5 Å². The van der Waals surface area contributed by atoms with Gasteiger partial charge < -0.3 is 16.5 Å². The van der Waals surface area contributed by atoms with E-state index in [9.17, 15) is 0 Å². The van der Waals surface area contributed by atoms with E-state index in [0.717, 1.165) is 11.0 Å². The van der Waals surface area contributed by atoms with E-state index >= 15 is 0 Å². The van der Waals surface area contributed by atoms with E-state index in [4.69, 9.17) is 4.79 Å². The Morgan fingerprint density at radius 1 is 1.38 bits per heavy atom. The van der Waals surface area contributed by atoms with Crippen molar-refractivity contribution in [3.63, 3.8) is 0 Å². The molecule has 5 heteroatoms. The minimum Gasteiger partial charge on any atom is -0.360 e. The van der Waals surface area contributed by atoms with Gasteiger partial charge in [-0.3, -0.25) is 4.98 Å². The molecule has 2 heterocycles. The van der Waals surface area contributed by atoms with Gasteiger partial charge in [-0.15, -0.1) is 0 Å². The maximum absolute atomic E-state index is 9.00. The van der Waals surface area contributed by atoms with E-state index in [1.807, 2.05) is 24.4 Å². The number of aromatic amines is 1. The first-order valence-electron chi connectivity index (χ1n) is 3.63. The Labute approximate surface area is 74.8 Å². The summed E-state index contributed by atoms with van der Waals surface area (Å²) in [5.41, 5.74) is 10.6. The van der Waals surface area contributed by atoms with Crippen LogP contribution in [0.4, 0.5) is 4.79 Å². The SMILES string of the molecule is NC(N)=O.c1cnc2cc[nH]c2c1. The number of nitrogens with two attached hydrogens (primary N) is 2. The standard InChI is InChI=1S/C7H6N2.CH4N2O/c1-2-6-7(8-4-1)3-5-9-6;2-1(3)4/h1-5,9H;(H4,2,3,4). The molecule has 5 N–H and O–H groups in total. The van der Waals surface area contributed by atoms with E-state index in [2.05, 4.69) is 21.4 Å². The van der Waals surface area contributed by atoms with Crippen LogP contribution >= 0.6 is 0 Å². The van der Waals surface area contributed by atoms with Crippen LogP contribution in [0.25, 0.3) is 11.0 Å². The summed E-state index contributed by atoms with van der Waals surface area (Å²) in [5, 5.41) is 0. The fourth-order valence-corrected chi connectivity index (χ4v) is 0.883. The number of H-pyrrole nitrogens is 1. The summed E-state index contributed by atoms with van der Waals surface area (Å²) in [4.78, 5) is 16.2. The van der Waals surface area contributed by atoms with Crippen LogP contribution < -0.4 is 11.5 Å². The summed E-state index contributed by atoms with van der Waals surface area (Å²) < 4.78 is 0. The van der Waals surface area contributed by atoms with Crippen molar-refractivity contribution in [3.05, 3.63) is 30.6 Å². The molecule has 0 saturated heterocycles. The molecular weight excluding hydrogens is 168 g/mol. The molecule has 0 bridgehead atoms. The maximum atomic E-state index is 9.00. The first kappa shape index (κ1) is 9.05. The lowest BCUT2D eigenvalue weighted by molar-refractivity contribution is 0.256. The molecule has 0 saturated carbocycles. The van der Waals surface area contributed by atoms with E-state index in [0.29, 0.717) is 0 Å². The Kier molecular flexibility index (Phi) is 2.86. The lowest BCUT2D eigenvalue weighted by Crippen LogP contribution is -2.18. The minimum absolute atomic E-state index is 0.833. The van der Waals surface area contributed by atoms with Crippen molar-refractivity contribution in [1.82, 2.24) is 9.97 Å². The third-order valence-electron chi connectivity index (χ3n) is 1.32. The number of hydrogen-bond donors (Lipinski definition) is 3. The third kappa shape index (κ3) is 2.82. The van der Waals surface area contributed by atoms with Crippen LogP contribution in [0.1, 0.15) is 0 Å². The molecular formula is C8H10N4O. The maximum Gasteiger partial charge on any atom is 0.309 e. The molecule has 0 aliphatic rings. The van der Waals surface area contributed by atoms with Gasteiger partial charge in [0.05, 0.1) is 11.0 Å². The van der Waals surface area contributed by atoms with Gasteiger partial charge in [0.15, 0.2) is 0 Å². The fourth-order valence-electron chi connectivity index (χ4n) is 0.883. The normalized spacial score (nSPS) is 8.92. The van der Waals surface area contributed by atoms with Gasteiger partial charge in [0.2, 0.25) is 0 Å². The van der Waals surface area contributed by atoms with E-state index in [1.165, 1.54) is 0 Å². The lowest BCUT2D eigenvalue weighted by Gasteiger charge is -1.82. The van der Waals surface area contributed by atoms with Gasteiger partial charge in [-0.25, -0.2) is 4.79 Å². The highest BCUT2D eigenvalue weighted by Gasteiger charge is 1.88. The number of urea groups is 1. The zero-order chi connectivity index (χ0) is 9.68. The van der Waals surface area contributed by atoms with Gasteiger partial charge >= 0.3 is 6.03 Å². The molecule has 13 heavy (non-hydrogen) atoms. The average Bonchev–Trinajstić information content (AvgIpc) is 2.49. The van der Waals surface area contributed by atoms with Crippen molar-refractivity contribution in [3.8, 4) is 0 Å². The Morgan fingerprint density at radius 3 is 2.69 bits per heavy atom. The van der Waals surface area contributed by atoms with Gasteiger partial charge in [-0.1, -0.05) is 0 Å². The van der Waals surface area contributed by atoms with Crippen LogP contribution in [0, 0.1) is 0 Å². The monoisotopic (exact) mass is 178 g/mol. The van der Waals surface area contributed by atoms with Gasteiger partial charge in [0.1, 0.15) is 0 Å². The molecule has 0 unspecified atom stereocenters. The molecule has 2 aromatic heterocycles. The summed E-state index contributed by atoms with van der Waals surface area (Å²) in [5.74, 6) is 0. The first-order chi connectivity index (χ1) is 6.20. The summed E-state index contributed by atoms with van der Waals surface area (Å²) >= 11 is 0. The highest BCUT2D eigenvalue weighted by molar-refractivity contribution is 5.73. The van der Waals surface area contributed by atoms with E-state index in [-0.39, 0.29) is 0 Å². The predicted molar refractivity (Wildman–Crippen MR) is 49.9 cm³/mol. The topological polar surface area (TPSA) is 97.8 Å². The van der Waals surface area contributed by atoms with Gasteiger partial charge in [0.25, 0.3) is 0 Å². The number of nitrogens with one attached hydrogen (secondary N) is 1. The summed E-state index contributed by atoms with van der Waals surface area (Å²) in [7, 11) is 0. The van der Waals surface area contributed by atoms with Crippen molar-refractivity contribution < 1.29 is 4.79 Å². The highest BCUT2D eigenvalue weighted by Crippen LogP contribution is 2.05. The number of amides is 2. The van der Waals surface area contributed by atoms with Gasteiger partial charge in [-0.2, -0.15) is 0 Å². The van der Waals surface area contributed by atoms with E-state index in [1.54, 1.807) is 6.20 Å². The average molecular weight is 178 g/mol. The second-order valence-corrected chi connectivity index (χ2v) is 2.32. The molecule has 2 aromatic rings. The third-order valence-corrected chi connectivity index (χ3v) is 1.32. The molecule has 2 rings (SSSR count). The van der Waals surface area contributed by atoms with E-state index < -0.39 is 6.03 Å². The fraction of sp³-hybridized carbons (Fsp3) is 0. The number of aromatic nitrogens is 2. The van der Waals surface area contributed by atoms with Gasteiger partial charge in [0, 0.05) is 12.4 Å². The van der Waals surface area contributed by atoms with Crippen LogP contribution in [0.2, 0.25) is 0 Å². The summed E-state index contributed by atoms with van der Waals surface area (Å²) in [6, 6.07) is 5.04. The minimum atomic E-state index is -0.833. The molecule has 0 fully saturated rings. The van der Waals surface area contributed by atoms with Crippen LogP contribution in [-0.2, 0) is 0 Å². The Balaban J connectivity index is 0.000000184. The molecule has 0 aromatic carbocycles. The number of nitrogens with zero attached hydrogens (tertiary/aromatic N) is 1. The van der Waals surface area contributed by atoms with Crippen molar-refractivity contribution in [2.75, 3.05) is 0 Å². The molecule has 2 amide bonds. The number of primary amides is 2. The quantitative estimate of drug-likeness (QED) is 0.550. The van der Waals surface area contributed by atoms with Crippen LogP contribution in [0.5, 0.6) is 0 Å². The smallest absolute Gasteiger partial charge is 0.309 e. The Hall–Kier alpha value is -2.04. The molecule has 0 aliphatic carbocycles. The summed E-state index contributed by atoms with van der Waals surface area (Å²) in [6.45, 7) is 0. The van der Waals surface area contributed by atoms with Crippen molar-refractivity contribution >= 4 is 17.1 Å². The number of fused-ring (bicyclic) bond motifs is 1. The van der Waals surface area contributed by atoms with Crippen LogP contribution in [0.15, 0.2) is 30.6 Å². The molecule has 0 spiro atoms. The van der Waals surface area contributed by atoms with Gasteiger partial charge in [-0.05, 0) is 18.2 Å². The van der Waals surface area contributed by atoms with Crippen LogP contribution in [0.3, 0.4) is 0 Å².